The second kappa shape index (κ2) is 4.37. The molecule has 1 atom stereocenters. The molecule has 0 spiro atoms. The first-order valence-electron chi connectivity index (χ1n) is 5.61. The molecule has 0 aromatic carbocycles. The molecule has 0 aromatic heterocycles. The topological polar surface area (TPSA) is 23.6 Å². The third kappa shape index (κ3) is 2.32. The highest BCUT2D eigenvalue weighted by molar-refractivity contribution is 5.67. The fourth-order valence-electron chi connectivity index (χ4n) is 2.06. The van der Waals surface area contributed by atoms with E-state index in [2.05, 4.69) is 16.8 Å². The molecular formula is C12H17FN2O. The molecule has 2 rings (SSSR count). The maximum atomic E-state index is 13.9. The molecule has 4 heteroatoms. The molecule has 16 heavy (non-hydrogen) atoms. The first-order valence-corrected chi connectivity index (χ1v) is 5.61. The summed E-state index contributed by atoms with van der Waals surface area (Å²) < 4.78 is 13.9. The van der Waals surface area contributed by atoms with Gasteiger partial charge in [0.25, 0.3) is 0 Å². The van der Waals surface area contributed by atoms with Gasteiger partial charge in [-0.2, -0.15) is 0 Å². The van der Waals surface area contributed by atoms with E-state index in [1.807, 2.05) is 6.08 Å². The third-order valence-electron chi connectivity index (χ3n) is 3.17. The Hall–Kier alpha value is -1.16. The Morgan fingerprint density at radius 2 is 2.06 bits per heavy atom. The zero-order chi connectivity index (χ0) is 11.6. The zero-order valence-electron chi connectivity index (χ0n) is 9.53. The van der Waals surface area contributed by atoms with E-state index in [4.69, 9.17) is 0 Å². The summed E-state index contributed by atoms with van der Waals surface area (Å²) in [5, 5.41) is 0. The molecule has 1 heterocycles. The lowest BCUT2D eigenvalue weighted by Crippen LogP contribution is -2.44. The van der Waals surface area contributed by atoms with Crippen molar-refractivity contribution in [3.8, 4) is 0 Å². The number of hydrogen-bond acceptors (Lipinski definition) is 3. The highest BCUT2D eigenvalue weighted by atomic mass is 19.1. The van der Waals surface area contributed by atoms with Crippen molar-refractivity contribution in [3.63, 3.8) is 0 Å². The zero-order valence-corrected chi connectivity index (χ0v) is 9.53. The minimum absolute atomic E-state index is 0.160. The van der Waals surface area contributed by atoms with Crippen LogP contribution in [0.4, 0.5) is 4.39 Å². The van der Waals surface area contributed by atoms with Gasteiger partial charge < -0.3 is 9.80 Å². The van der Waals surface area contributed by atoms with E-state index >= 15 is 0 Å². The molecule has 2 aliphatic rings. The van der Waals surface area contributed by atoms with E-state index in [0.29, 0.717) is 6.29 Å². The fraction of sp³-hybridized carbons (Fsp3) is 0.583. The Morgan fingerprint density at radius 3 is 2.69 bits per heavy atom. The predicted octanol–water partition coefficient (Wildman–Crippen LogP) is 0.985. The van der Waals surface area contributed by atoms with E-state index in [9.17, 15) is 9.18 Å². The molecule has 0 radical (unpaired) electrons. The van der Waals surface area contributed by atoms with Crippen LogP contribution in [0.3, 0.4) is 0 Å². The maximum Gasteiger partial charge on any atom is 0.189 e. The molecule has 1 unspecified atom stereocenters. The highest BCUT2D eigenvalue weighted by Gasteiger charge is 2.29. The molecule has 3 nitrogen and oxygen atoms in total. The number of alkyl halides is 1. The third-order valence-corrected chi connectivity index (χ3v) is 3.17. The van der Waals surface area contributed by atoms with Gasteiger partial charge in [0, 0.05) is 38.3 Å². The van der Waals surface area contributed by atoms with Crippen LogP contribution >= 0.6 is 0 Å². The summed E-state index contributed by atoms with van der Waals surface area (Å²) in [6.07, 6.45) is 5.65. The summed E-state index contributed by atoms with van der Waals surface area (Å²) >= 11 is 0. The van der Waals surface area contributed by atoms with E-state index in [-0.39, 0.29) is 6.42 Å². The van der Waals surface area contributed by atoms with Crippen molar-refractivity contribution in [2.24, 2.45) is 0 Å². The number of piperazine rings is 1. The summed E-state index contributed by atoms with van der Waals surface area (Å²) in [4.78, 5) is 15.1. The van der Waals surface area contributed by atoms with Crippen LogP contribution in [0.15, 0.2) is 23.9 Å². The smallest absolute Gasteiger partial charge is 0.189 e. The number of allylic oxidation sites excluding steroid dienone is 3. The minimum Gasteiger partial charge on any atom is -0.369 e. The standard InChI is InChI=1S/C12H17FN2O/c1-14-5-7-15(8-6-14)11-3-2-4-12(13,9-11)10-16/h2-3,9-10H,4-8H2,1H3. The van der Waals surface area contributed by atoms with Crippen LogP contribution in [0, 0.1) is 0 Å². The van der Waals surface area contributed by atoms with Crippen molar-refractivity contribution in [1.29, 1.82) is 0 Å². The molecule has 0 saturated carbocycles. The van der Waals surface area contributed by atoms with Crippen LogP contribution in [0.1, 0.15) is 6.42 Å². The Bertz CT molecular complexity index is 332. The number of rotatable bonds is 2. The average Bonchev–Trinajstić information content (AvgIpc) is 2.30. The summed E-state index contributed by atoms with van der Waals surface area (Å²) in [5.41, 5.74) is -0.957. The summed E-state index contributed by atoms with van der Waals surface area (Å²) in [7, 11) is 2.08. The maximum absolute atomic E-state index is 13.9. The molecular weight excluding hydrogens is 207 g/mol. The first-order chi connectivity index (χ1) is 7.63. The summed E-state index contributed by atoms with van der Waals surface area (Å²) in [5.74, 6) is 0. The number of carbonyl (C=O) groups is 1. The lowest BCUT2D eigenvalue weighted by molar-refractivity contribution is -0.115. The van der Waals surface area contributed by atoms with Crippen LogP contribution in [0.5, 0.6) is 0 Å². The molecule has 1 aliphatic heterocycles. The number of halogens is 1. The Morgan fingerprint density at radius 1 is 1.38 bits per heavy atom. The number of carbonyl (C=O) groups excluding carboxylic acids is 1. The van der Waals surface area contributed by atoms with Crippen molar-refractivity contribution in [2.75, 3.05) is 33.2 Å². The second-order valence-electron chi connectivity index (χ2n) is 4.51. The Balaban J connectivity index is 2.09. The predicted molar refractivity (Wildman–Crippen MR) is 60.8 cm³/mol. The van der Waals surface area contributed by atoms with Crippen molar-refractivity contribution >= 4 is 6.29 Å². The summed E-state index contributed by atoms with van der Waals surface area (Å²) in [6, 6.07) is 0. The summed E-state index contributed by atoms with van der Waals surface area (Å²) in [6.45, 7) is 3.74. The van der Waals surface area contributed by atoms with Crippen LogP contribution in [-0.4, -0.2) is 55.0 Å². The lowest BCUT2D eigenvalue weighted by Gasteiger charge is -2.36. The van der Waals surface area contributed by atoms with Crippen LogP contribution < -0.4 is 0 Å². The fourth-order valence-corrected chi connectivity index (χ4v) is 2.06. The van der Waals surface area contributed by atoms with Crippen LogP contribution in [0.2, 0.25) is 0 Å². The van der Waals surface area contributed by atoms with Gasteiger partial charge in [0.05, 0.1) is 0 Å². The van der Waals surface area contributed by atoms with E-state index in [1.54, 1.807) is 6.08 Å². The number of hydrogen-bond donors (Lipinski definition) is 0. The number of likely N-dealkylation sites (N-methyl/N-ethyl adjacent to an activating group) is 1. The van der Waals surface area contributed by atoms with Crippen molar-refractivity contribution in [2.45, 2.75) is 12.1 Å². The van der Waals surface area contributed by atoms with Crippen LogP contribution in [0.25, 0.3) is 0 Å². The molecule has 0 bridgehead atoms. The van der Waals surface area contributed by atoms with Gasteiger partial charge in [-0.25, -0.2) is 4.39 Å². The largest absolute Gasteiger partial charge is 0.369 e. The van der Waals surface area contributed by atoms with Gasteiger partial charge in [0.1, 0.15) is 0 Å². The monoisotopic (exact) mass is 224 g/mol. The van der Waals surface area contributed by atoms with E-state index in [1.165, 1.54) is 6.08 Å². The van der Waals surface area contributed by atoms with Gasteiger partial charge in [-0.05, 0) is 19.2 Å². The average molecular weight is 224 g/mol. The van der Waals surface area contributed by atoms with Gasteiger partial charge in [0.15, 0.2) is 12.0 Å². The molecule has 1 fully saturated rings. The molecule has 1 aliphatic carbocycles. The van der Waals surface area contributed by atoms with Crippen molar-refractivity contribution in [3.05, 3.63) is 23.9 Å². The molecule has 88 valence electrons. The first kappa shape index (κ1) is 11.3. The van der Waals surface area contributed by atoms with Gasteiger partial charge in [-0.15, -0.1) is 0 Å². The normalized spacial score (nSPS) is 31.4. The highest BCUT2D eigenvalue weighted by Crippen LogP contribution is 2.25. The van der Waals surface area contributed by atoms with Crippen LogP contribution in [-0.2, 0) is 4.79 Å². The van der Waals surface area contributed by atoms with Crippen molar-refractivity contribution < 1.29 is 9.18 Å². The Kier molecular flexibility index (Phi) is 3.10. The van der Waals surface area contributed by atoms with Gasteiger partial charge in [0.2, 0.25) is 0 Å². The molecule has 0 amide bonds. The second-order valence-corrected chi connectivity index (χ2v) is 4.51. The number of aldehydes is 1. The minimum atomic E-state index is -1.80. The van der Waals surface area contributed by atoms with Gasteiger partial charge >= 0.3 is 0 Å². The molecule has 1 saturated heterocycles. The van der Waals surface area contributed by atoms with Gasteiger partial charge in [-0.3, -0.25) is 4.79 Å². The number of nitrogens with zero attached hydrogens (tertiary/aromatic N) is 2. The lowest BCUT2D eigenvalue weighted by atomic mass is 9.97. The Labute approximate surface area is 95.2 Å². The molecule has 0 aromatic rings. The van der Waals surface area contributed by atoms with Gasteiger partial charge in [-0.1, -0.05) is 6.08 Å². The SMILES string of the molecule is CN1CCN(C2=CC(F)(C=O)CC=C2)CC1. The molecule has 0 N–H and O–H groups in total. The van der Waals surface area contributed by atoms with E-state index < -0.39 is 5.67 Å². The van der Waals surface area contributed by atoms with E-state index in [0.717, 1.165) is 31.9 Å². The van der Waals surface area contributed by atoms with Crippen molar-refractivity contribution in [1.82, 2.24) is 9.80 Å². The quantitative estimate of drug-likeness (QED) is 0.653.